The highest BCUT2D eigenvalue weighted by atomic mass is 16.6. The van der Waals surface area contributed by atoms with Crippen LogP contribution in [-0.4, -0.2) is 32.3 Å². The molecule has 1 aromatic carbocycles. The smallest absolute Gasteiger partial charge is 0.420 e. The number of ether oxygens (including phenoxy) is 2. The van der Waals surface area contributed by atoms with Crippen LogP contribution in [0.1, 0.15) is 131 Å². The van der Waals surface area contributed by atoms with Crippen LogP contribution in [0.25, 0.3) is 0 Å². The monoisotopic (exact) mass is 548 g/mol. The number of carbonyl (C=O) groups is 2. The Morgan fingerprint density at radius 1 is 1.00 bits per heavy atom. The lowest BCUT2D eigenvalue weighted by atomic mass is 9.48. The summed E-state index contributed by atoms with van der Waals surface area (Å²) in [5, 5.41) is 12.4. The van der Waals surface area contributed by atoms with Crippen molar-refractivity contribution in [3.8, 4) is 0 Å². The molecule has 1 atom stereocenters. The quantitative estimate of drug-likeness (QED) is 0.380. The molecule has 1 heterocycles. The van der Waals surface area contributed by atoms with Gasteiger partial charge in [0.25, 0.3) is 0 Å². The van der Waals surface area contributed by atoms with Crippen molar-refractivity contribution in [2.24, 2.45) is 23.2 Å². The van der Waals surface area contributed by atoms with E-state index in [1.807, 2.05) is 51.1 Å². The van der Waals surface area contributed by atoms with Crippen LogP contribution in [0.15, 0.2) is 30.3 Å². The molecular weight excluding hydrogens is 504 g/mol. The van der Waals surface area contributed by atoms with E-state index in [1.165, 1.54) is 23.8 Å². The van der Waals surface area contributed by atoms with E-state index in [1.54, 1.807) is 0 Å². The molecular formula is C33H44N2O5. The topological polar surface area (TPSA) is 90.7 Å². The standard InChI is InChI=1S/C33H44N2O5/c1-32(2,3)40-31(38)35-27(28(36)33-17-22-14-23(18-33)16-24(15-22)19-33)26(34-29(35)25-12-8-5-9-13-25)30(37)39-20-21-10-6-4-7-11-21/h4,6-7,10-11,22-25,28,36H,5,8-9,12-20H2,1-3H3. The van der Waals surface area contributed by atoms with Gasteiger partial charge in [-0.05, 0) is 95.5 Å². The number of hydrogen-bond acceptors (Lipinski definition) is 6. The van der Waals surface area contributed by atoms with Gasteiger partial charge in [0.2, 0.25) is 0 Å². The molecule has 0 saturated heterocycles. The molecule has 0 radical (unpaired) electrons. The molecule has 4 bridgehead atoms. The molecule has 1 unspecified atom stereocenters. The second-order valence-electron chi connectivity index (χ2n) is 14.1. The average Bonchev–Trinajstić information content (AvgIpc) is 3.32. The second-order valence-corrected chi connectivity index (χ2v) is 14.1. The summed E-state index contributed by atoms with van der Waals surface area (Å²) in [6.45, 7) is 5.62. The normalized spacial score (nSPS) is 28.9. The number of rotatable bonds is 6. The summed E-state index contributed by atoms with van der Waals surface area (Å²) >= 11 is 0. The number of nitrogens with zero attached hydrogens (tertiary/aromatic N) is 2. The third-order valence-electron chi connectivity index (χ3n) is 9.82. The first-order chi connectivity index (χ1) is 19.1. The Hall–Kier alpha value is -2.67. The molecule has 0 aliphatic heterocycles. The van der Waals surface area contributed by atoms with E-state index < -0.39 is 23.8 Å². The fourth-order valence-electron chi connectivity index (χ4n) is 8.58. The lowest BCUT2D eigenvalue weighted by Crippen LogP contribution is -2.49. The van der Waals surface area contributed by atoms with Crippen molar-refractivity contribution in [1.29, 1.82) is 0 Å². The molecule has 5 saturated carbocycles. The highest BCUT2D eigenvalue weighted by molar-refractivity contribution is 5.90. The molecule has 5 aliphatic rings. The average molecular weight is 549 g/mol. The maximum Gasteiger partial charge on any atom is 0.420 e. The highest BCUT2D eigenvalue weighted by Crippen LogP contribution is 2.64. The molecule has 0 spiro atoms. The van der Waals surface area contributed by atoms with E-state index in [-0.39, 0.29) is 29.3 Å². The van der Waals surface area contributed by atoms with Gasteiger partial charge < -0.3 is 14.6 Å². The Balaban J connectivity index is 1.44. The van der Waals surface area contributed by atoms with Gasteiger partial charge in [-0.15, -0.1) is 0 Å². The van der Waals surface area contributed by atoms with Crippen LogP contribution in [0.4, 0.5) is 4.79 Å². The van der Waals surface area contributed by atoms with E-state index in [9.17, 15) is 14.7 Å². The van der Waals surface area contributed by atoms with E-state index in [4.69, 9.17) is 14.5 Å². The van der Waals surface area contributed by atoms with Crippen molar-refractivity contribution >= 4 is 12.1 Å². The Morgan fingerprint density at radius 2 is 1.60 bits per heavy atom. The Kier molecular flexibility index (Phi) is 7.30. The van der Waals surface area contributed by atoms with Gasteiger partial charge in [0.05, 0.1) is 5.69 Å². The minimum Gasteiger partial charge on any atom is -0.456 e. The molecule has 7 rings (SSSR count). The largest absolute Gasteiger partial charge is 0.456 e. The number of aliphatic hydroxyl groups is 1. The van der Waals surface area contributed by atoms with Gasteiger partial charge in [-0.3, -0.25) is 0 Å². The van der Waals surface area contributed by atoms with Crippen molar-refractivity contribution in [3.05, 3.63) is 53.1 Å². The summed E-state index contributed by atoms with van der Waals surface area (Å²) in [5.41, 5.74) is 0.146. The zero-order valence-corrected chi connectivity index (χ0v) is 24.2. The van der Waals surface area contributed by atoms with E-state index >= 15 is 0 Å². The molecule has 2 aromatic rings. The maximum atomic E-state index is 13.9. The van der Waals surface area contributed by atoms with Gasteiger partial charge in [0, 0.05) is 11.3 Å². The number of carbonyl (C=O) groups excluding carboxylic acids is 2. The third-order valence-corrected chi connectivity index (χ3v) is 9.82. The van der Waals surface area contributed by atoms with Crippen molar-refractivity contribution < 1.29 is 24.2 Å². The predicted molar refractivity (Wildman–Crippen MR) is 151 cm³/mol. The summed E-state index contributed by atoms with van der Waals surface area (Å²) in [7, 11) is 0. The van der Waals surface area contributed by atoms with Gasteiger partial charge in [0.15, 0.2) is 5.69 Å². The van der Waals surface area contributed by atoms with Gasteiger partial charge >= 0.3 is 12.1 Å². The summed E-state index contributed by atoms with van der Waals surface area (Å²) in [6.07, 6.45) is 9.96. The first-order valence-corrected chi connectivity index (χ1v) is 15.4. The first kappa shape index (κ1) is 27.5. The number of aliphatic hydroxyl groups excluding tert-OH is 1. The van der Waals surface area contributed by atoms with E-state index in [0.717, 1.165) is 56.9 Å². The van der Waals surface area contributed by atoms with Crippen molar-refractivity contribution in [2.45, 2.75) is 116 Å². The molecule has 1 N–H and O–H groups in total. The number of imidazole rings is 1. The Morgan fingerprint density at radius 3 is 2.17 bits per heavy atom. The van der Waals surface area contributed by atoms with Crippen LogP contribution < -0.4 is 0 Å². The van der Waals surface area contributed by atoms with Crippen molar-refractivity contribution in [3.63, 3.8) is 0 Å². The Labute approximate surface area is 237 Å². The summed E-state index contributed by atoms with van der Waals surface area (Å²) < 4.78 is 13.2. The fraction of sp³-hybridized carbons (Fsp3) is 0.667. The predicted octanol–water partition coefficient (Wildman–Crippen LogP) is 7.32. The molecule has 1 aromatic heterocycles. The first-order valence-electron chi connectivity index (χ1n) is 15.4. The maximum absolute atomic E-state index is 13.9. The van der Waals surface area contributed by atoms with Crippen LogP contribution in [0.3, 0.4) is 0 Å². The zero-order valence-electron chi connectivity index (χ0n) is 24.2. The molecule has 7 heteroatoms. The molecule has 7 nitrogen and oxygen atoms in total. The van der Waals surface area contributed by atoms with Crippen molar-refractivity contribution in [2.75, 3.05) is 0 Å². The van der Waals surface area contributed by atoms with Gasteiger partial charge in [-0.1, -0.05) is 49.6 Å². The molecule has 216 valence electrons. The summed E-state index contributed by atoms with van der Waals surface area (Å²) in [6, 6.07) is 9.55. The summed E-state index contributed by atoms with van der Waals surface area (Å²) in [5.74, 6) is 1.78. The minimum atomic E-state index is -0.988. The number of aromatic nitrogens is 2. The van der Waals surface area contributed by atoms with E-state index in [2.05, 4.69) is 0 Å². The molecule has 5 aliphatic carbocycles. The van der Waals surface area contributed by atoms with E-state index in [0.29, 0.717) is 23.6 Å². The van der Waals surface area contributed by atoms with Gasteiger partial charge in [0.1, 0.15) is 24.1 Å². The van der Waals surface area contributed by atoms with Crippen LogP contribution in [0.5, 0.6) is 0 Å². The number of hydrogen-bond donors (Lipinski definition) is 1. The second kappa shape index (κ2) is 10.6. The van der Waals surface area contributed by atoms with Gasteiger partial charge in [-0.25, -0.2) is 19.1 Å². The highest BCUT2D eigenvalue weighted by Gasteiger charge is 2.56. The fourth-order valence-corrected chi connectivity index (χ4v) is 8.58. The molecule has 40 heavy (non-hydrogen) atoms. The lowest BCUT2D eigenvalue weighted by molar-refractivity contribution is -0.124. The van der Waals surface area contributed by atoms with Gasteiger partial charge in [-0.2, -0.15) is 0 Å². The van der Waals surface area contributed by atoms with Crippen LogP contribution in [0, 0.1) is 23.2 Å². The van der Waals surface area contributed by atoms with Crippen molar-refractivity contribution in [1.82, 2.24) is 9.55 Å². The number of benzene rings is 1. The van der Waals surface area contributed by atoms with Crippen LogP contribution in [0.2, 0.25) is 0 Å². The van der Waals surface area contributed by atoms with Crippen LogP contribution in [-0.2, 0) is 16.1 Å². The third kappa shape index (κ3) is 5.34. The zero-order chi connectivity index (χ0) is 28.1. The summed E-state index contributed by atoms with van der Waals surface area (Å²) in [4.78, 5) is 32.6. The molecule has 5 fully saturated rings. The number of esters is 1. The SMILES string of the molecule is CC(C)(C)OC(=O)n1c(C2CCCCC2)nc(C(=O)OCc2ccccc2)c1C(O)C12CC3CC(CC(C3)C1)C2. The molecule has 0 amide bonds. The Bertz CT molecular complexity index is 1200. The lowest BCUT2D eigenvalue weighted by Gasteiger charge is -2.58. The minimum absolute atomic E-state index is 0.0271. The van der Waals surface area contributed by atoms with Crippen LogP contribution >= 0.6 is 0 Å².